The van der Waals surface area contributed by atoms with Crippen molar-refractivity contribution in [1.82, 2.24) is 15.1 Å². The molecule has 0 bridgehead atoms. The Morgan fingerprint density at radius 1 is 1.16 bits per heavy atom. The van der Waals surface area contributed by atoms with Gasteiger partial charge < -0.3 is 15.3 Å². The minimum atomic E-state index is -0.817. The van der Waals surface area contributed by atoms with Gasteiger partial charge in [-0.15, -0.1) is 0 Å². The summed E-state index contributed by atoms with van der Waals surface area (Å²) in [5.41, 5.74) is 0.216. The summed E-state index contributed by atoms with van der Waals surface area (Å²) < 4.78 is 0. The lowest BCUT2D eigenvalue weighted by molar-refractivity contribution is -0.138. The van der Waals surface area contributed by atoms with Crippen LogP contribution >= 0.6 is 0 Å². The molecule has 0 aromatic rings. The first-order valence-corrected chi connectivity index (χ1v) is 6.75. The predicted octanol–water partition coefficient (Wildman–Crippen LogP) is 0.834. The smallest absolute Gasteiger partial charge is 0.317 e. The number of rotatable bonds is 4. The summed E-state index contributed by atoms with van der Waals surface area (Å²) in [5, 5.41) is 11.6. The van der Waals surface area contributed by atoms with Gasteiger partial charge >= 0.3 is 12.0 Å². The zero-order valence-corrected chi connectivity index (χ0v) is 12.1. The average molecular weight is 271 g/mol. The number of carboxylic acids is 1. The Hall–Kier alpha value is -1.30. The molecule has 2 N–H and O–H groups in total. The normalized spacial score (nSPS) is 17.3. The van der Waals surface area contributed by atoms with Crippen LogP contribution in [0.2, 0.25) is 0 Å². The van der Waals surface area contributed by atoms with Crippen molar-refractivity contribution in [2.75, 3.05) is 39.3 Å². The van der Waals surface area contributed by atoms with Crippen molar-refractivity contribution >= 4 is 12.0 Å². The first-order chi connectivity index (χ1) is 8.78. The highest BCUT2D eigenvalue weighted by atomic mass is 16.4. The van der Waals surface area contributed by atoms with E-state index in [9.17, 15) is 9.59 Å². The molecule has 0 unspecified atom stereocenters. The maximum Gasteiger partial charge on any atom is 0.317 e. The molecule has 0 aliphatic carbocycles. The molecule has 19 heavy (non-hydrogen) atoms. The average Bonchev–Trinajstić information content (AvgIpc) is 2.27. The van der Waals surface area contributed by atoms with Crippen LogP contribution in [-0.4, -0.2) is 66.2 Å². The lowest BCUT2D eigenvalue weighted by Gasteiger charge is -2.34. The topological polar surface area (TPSA) is 72.9 Å². The first kappa shape index (κ1) is 15.8. The molecule has 1 aliphatic rings. The molecule has 1 heterocycles. The highest BCUT2D eigenvalue weighted by Gasteiger charge is 2.22. The molecule has 2 amide bonds. The molecule has 0 saturated carbocycles. The van der Waals surface area contributed by atoms with Gasteiger partial charge in [0.2, 0.25) is 0 Å². The van der Waals surface area contributed by atoms with Gasteiger partial charge in [0.15, 0.2) is 0 Å². The lowest BCUT2D eigenvalue weighted by atomic mass is 9.92. The Kier molecular flexibility index (Phi) is 5.60. The lowest BCUT2D eigenvalue weighted by Crippen LogP contribution is -2.52. The van der Waals surface area contributed by atoms with Crippen LogP contribution in [0.15, 0.2) is 0 Å². The molecule has 1 fully saturated rings. The Morgan fingerprint density at radius 3 is 2.21 bits per heavy atom. The van der Waals surface area contributed by atoms with Crippen molar-refractivity contribution in [1.29, 1.82) is 0 Å². The third kappa shape index (κ3) is 6.42. The van der Waals surface area contributed by atoms with E-state index in [0.717, 1.165) is 6.42 Å². The van der Waals surface area contributed by atoms with Gasteiger partial charge in [0.25, 0.3) is 0 Å². The van der Waals surface area contributed by atoms with Gasteiger partial charge in [-0.25, -0.2) is 4.79 Å². The summed E-state index contributed by atoms with van der Waals surface area (Å²) in [5.74, 6) is -0.817. The Labute approximate surface area is 114 Å². The van der Waals surface area contributed by atoms with E-state index in [2.05, 4.69) is 26.1 Å². The SMILES string of the molecule is CC(C)(C)CCNC(=O)N1CCN(CC(=O)O)CC1. The van der Waals surface area contributed by atoms with Gasteiger partial charge in [0, 0.05) is 32.7 Å². The Balaban J connectivity index is 2.23. The van der Waals surface area contributed by atoms with Gasteiger partial charge in [-0.2, -0.15) is 0 Å². The van der Waals surface area contributed by atoms with E-state index in [1.54, 1.807) is 4.90 Å². The maximum absolute atomic E-state index is 11.9. The molecular formula is C13H25N3O3. The van der Waals surface area contributed by atoms with Gasteiger partial charge in [-0.1, -0.05) is 20.8 Å². The number of nitrogens with one attached hydrogen (secondary N) is 1. The quantitative estimate of drug-likeness (QED) is 0.794. The maximum atomic E-state index is 11.9. The molecule has 0 atom stereocenters. The van der Waals surface area contributed by atoms with Crippen molar-refractivity contribution < 1.29 is 14.7 Å². The second-order valence-electron chi connectivity index (χ2n) is 6.20. The summed E-state index contributed by atoms with van der Waals surface area (Å²) in [7, 11) is 0. The number of carbonyl (C=O) groups excluding carboxylic acids is 1. The number of piperazine rings is 1. The van der Waals surface area contributed by atoms with Gasteiger partial charge in [-0.05, 0) is 11.8 Å². The van der Waals surface area contributed by atoms with Gasteiger partial charge in [0.05, 0.1) is 6.54 Å². The molecule has 6 heteroatoms. The standard InChI is InChI=1S/C13H25N3O3/c1-13(2,3)4-5-14-12(19)16-8-6-15(7-9-16)10-11(17)18/h4-10H2,1-3H3,(H,14,19)(H,17,18). The first-order valence-electron chi connectivity index (χ1n) is 6.75. The fourth-order valence-electron chi connectivity index (χ4n) is 1.96. The number of hydrogen-bond acceptors (Lipinski definition) is 3. The van der Waals surface area contributed by atoms with Crippen LogP contribution in [0.25, 0.3) is 0 Å². The molecular weight excluding hydrogens is 246 g/mol. The van der Waals surface area contributed by atoms with Gasteiger partial charge in [-0.3, -0.25) is 9.69 Å². The van der Waals surface area contributed by atoms with E-state index in [4.69, 9.17) is 5.11 Å². The fourth-order valence-corrected chi connectivity index (χ4v) is 1.96. The van der Waals surface area contributed by atoms with Crippen molar-refractivity contribution in [3.63, 3.8) is 0 Å². The molecule has 0 radical (unpaired) electrons. The number of carbonyl (C=O) groups is 2. The monoisotopic (exact) mass is 271 g/mol. The van der Waals surface area contributed by atoms with Crippen LogP contribution in [0.3, 0.4) is 0 Å². The van der Waals surface area contributed by atoms with E-state index in [-0.39, 0.29) is 18.0 Å². The van der Waals surface area contributed by atoms with Gasteiger partial charge in [0.1, 0.15) is 0 Å². The van der Waals surface area contributed by atoms with Crippen LogP contribution < -0.4 is 5.32 Å². The largest absolute Gasteiger partial charge is 0.480 e. The second-order valence-corrected chi connectivity index (χ2v) is 6.20. The molecule has 0 aromatic carbocycles. The van der Waals surface area contributed by atoms with Crippen LogP contribution in [-0.2, 0) is 4.79 Å². The summed E-state index contributed by atoms with van der Waals surface area (Å²) >= 11 is 0. The number of aliphatic carboxylic acids is 1. The van der Waals surface area contributed by atoms with E-state index in [1.165, 1.54) is 0 Å². The summed E-state index contributed by atoms with van der Waals surface area (Å²) in [6, 6.07) is -0.0424. The van der Waals surface area contributed by atoms with Crippen molar-refractivity contribution in [3.05, 3.63) is 0 Å². The Morgan fingerprint density at radius 2 is 1.74 bits per heavy atom. The fraction of sp³-hybridized carbons (Fsp3) is 0.846. The molecule has 0 spiro atoms. The van der Waals surface area contributed by atoms with E-state index >= 15 is 0 Å². The van der Waals surface area contributed by atoms with Crippen LogP contribution in [0.4, 0.5) is 4.79 Å². The summed E-state index contributed by atoms with van der Waals surface area (Å²) in [4.78, 5) is 26.1. The highest BCUT2D eigenvalue weighted by Crippen LogP contribution is 2.17. The predicted molar refractivity (Wildman–Crippen MR) is 73.1 cm³/mol. The number of carboxylic acid groups (broad SMARTS) is 1. The van der Waals surface area contributed by atoms with Crippen molar-refractivity contribution in [2.45, 2.75) is 27.2 Å². The van der Waals surface area contributed by atoms with Crippen molar-refractivity contribution in [3.8, 4) is 0 Å². The van der Waals surface area contributed by atoms with Crippen molar-refractivity contribution in [2.24, 2.45) is 5.41 Å². The van der Waals surface area contributed by atoms with E-state index in [1.807, 2.05) is 4.90 Å². The molecule has 110 valence electrons. The molecule has 1 rings (SSSR count). The summed E-state index contributed by atoms with van der Waals surface area (Å²) in [6.07, 6.45) is 0.942. The number of urea groups is 1. The van der Waals surface area contributed by atoms with Crippen LogP contribution in [0.1, 0.15) is 27.2 Å². The Bertz CT molecular complexity index is 318. The summed E-state index contributed by atoms with van der Waals surface area (Å²) in [6.45, 7) is 9.59. The molecule has 0 aromatic heterocycles. The number of nitrogens with zero attached hydrogens (tertiary/aromatic N) is 2. The number of hydrogen-bond donors (Lipinski definition) is 2. The second kappa shape index (κ2) is 6.75. The third-order valence-electron chi connectivity index (χ3n) is 3.17. The molecule has 6 nitrogen and oxygen atoms in total. The van der Waals surface area contributed by atoms with Crippen LogP contribution in [0, 0.1) is 5.41 Å². The van der Waals surface area contributed by atoms with E-state index in [0.29, 0.717) is 32.7 Å². The van der Waals surface area contributed by atoms with Crippen LogP contribution in [0.5, 0.6) is 0 Å². The minimum Gasteiger partial charge on any atom is -0.480 e. The molecule has 1 saturated heterocycles. The molecule has 1 aliphatic heterocycles. The highest BCUT2D eigenvalue weighted by molar-refractivity contribution is 5.74. The minimum absolute atomic E-state index is 0.0424. The van der Waals surface area contributed by atoms with E-state index < -0.39 is 5.97 Å². The zero-order chi connectivity index (χ0) is 14.5. The number of amides is 2. The zero-order valence-electron chi connectivity index (χ0n) is 12.1. The third-order valence-corrected chi connectivity index (χ3v) is 3.17.